The Hall–Kier alpha value is -0.610. The van der Waals surface area contributed by atoms with Crippen molar-refractivity contribution in [2.75, 3.05) is 18.2 Å². The van der Waals surface area contributed by atoms with E-state index >= 15 is 0 Å². The van der Waals surface area contributed by atoms with Crippen LogP contribution in [0.25, 0.3) is 0 Å². The fourth-order valence-corrected chi connectivity index (χ4v) is 1.51. The number of alkyl halides is 1. The zero-order chi connectivity index (χ0) is 8.27. The van der Waals surface area contributed by atoms with Crippen LogP contribution in [-0.4, -0.2) is 23.7 Å². The van der Waals surface area contributed by atoms with E-state index in [0.29, 0.717) is 4.88 Å². The van der Waals surface area contributed by atoms with Crippen molar-refractivity contribution in [3.8, 4) is 0 Å². The molecule has 3 nitrogen and oxygen atoms in total. The molecule has 60 valence electrons. The van der Waals surface area contributed by atoms with Gasteiger partial charge in [-0.15, -0.1) is 11.6 Å². The molecule has 0 spiro atoms. The summed E-state index contributed by atoms with van der Waals surface area (Å²) in [5.74, 6) is -0.0589. The minimum Gasteiger partial charge on any atom is -0.365 e. The molecule has 1 N–H and O–H groups in total. The van der Waals surface area contributed by atoms with E-state index in [1.54, 1.807) is 7.05 Å². The van der Waals surface area contributed by atoms with Gasteiger partial charge in [0.1, 0.15) is 0 Å². The van der Waals surface area contributed by atoms with Gasteiger partial charge in [0.2, 0.25) is 0 Å². The third-order valence-corrected chi connectivity index (χ3v) is 2.41. The van der Waals surface area contributed by atoms with Gasteiger partial charge in [-0.1, -0.05) is 11.3 Å². The average Bonchev–Trinajstić information content (AvgIpc) is 2.50. The van der Waals surface area contributed by atoms with Crippen LogP contribution in [0.4, 0.5) is 5.13 Å². The van der Waals surface area contributed by atoms with E-state index in [0.717, 1.165) is 5.13 Å². The molecule has 0 amide bonds. The molecule has 11 heavy (non-hydrogen) atoms. The van der Waals surface area contributed by atoms with E-state index in [2.05, 4.69) is 10.3 Å². The zero-order valence-electron chi connectivity index (χ0n) is 5.93. The fraction of sp³-hybridized carbons (Fsp3) is 0.333. The second kappa shape index (κ2) is 3.69. The number of hydrogen-bond acceptors (Lipinski definition) is 4. The minimum atomic E-state index is -0.0781. The molecule has 1 aromatic rings. The summed E-state index contributed by atoms with van der Waals surface area (Å²) in [6, 6.07) is 0. The van der Waals surface area contributed by atoms with E-state index in [-0.39, 0.29) is 11.7 Å². The van der Waals surface area contributed by atoms with Crippen LogP contribution in [0.2, 0.25) is 0 Å². The van der Waals surface area contributed by atoms with Gasteiger partial charge in [-0.2, -0.15) is 0 Å². The van der Waals surface area contributed by atoms with E-state index in [4.69, 9.17) is 11.6 Å². The molecule has 0 aromatic carbocycles. The van der Waals surface area contributed by atoms with E-state index in [1.165, 1.54) is 17.5 Å². The van der Waals surface area contributed by atoms with Crippen molar-refractivity contribution in [2.24, 2.45) is 0 Å². The molecule has 0 saturated carbocycles. The summed E-state index contributed by atoms with van der Waals surface area (Å²) in [5, 5.41) is 3.57. The SMILES string of the molecule is CNc1ncc(C(=O)CCl)s1. The number of nitrogens with zero attached hydrogens (tertiary/aromatic N) is 1. The predicted octanol–water partition coefficient (Wildman–Crippen LogP) is 1.61. The fourth-order valence-electron chi connectivity index (χ4n) is 0.584. The van der Waals surface area contributed by atoms with Crippen molar-refractivity contribution in [1.29, 1.82) is 0 Å². The highest BCUT2D eigenvalue weighted by Crippen LogP contribution is 2.17. The number of ketones is 1. The van der Waals surface area contributed by atoms with E-state index in [9.17, 15) is 4.79 Å². The molecule has 0 aliphatic heterocycles. The first kappa shape index (κ1) is 8.49. The smallest absolute Gasteiger partial charge is 0.189 e. The molecule has 0 saturated heterocycles. The number of halogens is 1. The highest BCUT2D eigenvalue weighted by molar-refractivity contribution is 7.17. The molecular formula is C6H7ClN2OS. The summed E-state index contributed by atoms with van der Waals surface area (Å²) in [6.07, 6.45) is 1.53. The van der Waals surface area contributed by atoms with E-state index < -0.39 is 0 Å². The highest BCUT2D eigenvalue weighted by atomic mass is 35.5. The van der Waals surface area contributed by atoms with Crippen LogP contribution in [0.3, 0.4) is 0 Å². The summed E-state index contributed by atoms with van der Waals surface area (Å²) in [4.78, 5) is 15.5. The van der Waals surface area contributed by atoms with Gasteiger partial charge >= 0.3 is 0 Å². The second-order valence-corrected chi connectivity index (χ2v) is 3.13. The van der Waals surface area contributed by atoms with Crippen LogP contribution in [0.15, 0.2) is 6.20 Å². The lowest BCUT2D eigenvalue weighted by molar-refractivity contribution is 0.102. The number of rotatable bonds is 3. The maximum atomic E-state index is 11.0. The lowest BCUT2D eigenvalue weighted by Crippen LogP contribution is -1.95. The van der Waals surface area contributed by atoms with Crippen molar-refractivity contribution >= 4 is 33.9 Å². The monoisotopic (exact) mass is 190 g/mol. The lowest BCUT2D eigenvalue weighted by Gasteiger charge is -1.87. The van der Waals surface area contributed by atoms with Crippen LogP contribution in [0, 0.1) is 0 Å². The molecule has 1 aromatic heterocycles. The second-order valence-electron chi connectivity index (χ2n) is 1.84. The van der Waals surface area contributed by atoms with Crippen LogP contribution in [-0.2, 0) is 0 Å². The highest BCUT2D eigenvalue weighted by Gasteiger charge is 2.07. The number of anilines is 1. The summed E-state index contributed by atoms with van der Waals surface area (Å²) < 4.78 is 0. The van der Waals surface area contributed by atoms with Crippen LogP contribution in [0.1, 0.15) is 9.67 Å². The molecule has 1 rings (SSSR count). The molecule has 0 atom stereocenters. The molecule has 0 aliphatic rings. The molecule has 0 unspecified atom stereocenters. The lowest BCUT2D eigenvalue weighted by atomic mass is 10.4. The molecule has 5 heteroatoms. The molecule has 0 fully saturated rings. The Morgan fingerprint density at radius 3 is 3.09 bits per heavy atom. The number of thiazole rings is 1. The third-order valence-electron chi connectivity index (χ3n) is 1.12. The maximum absolute atomic E-state index is 11.0. The summed E-state index contributed by atoms with van der Waals surface area (Å²) in [7, 11) is 1.76. The first-order valence-corrected chi connectivity index (χ1v) is 4.35. The van der Waals surface area contributed by atoms with Crippen LogP contribution < -0.4 is 5.32 Å². The molecule has 0 aliphatic carbocycles. The van der Waals surface area contributed by atoms with Crippen molar-refractivity contribution in [1.82, 2.24) is 4.98 Å². The molecular weight excluding hydrogens is 184 g/mol. The number of aromatic nitrogens is 1. The normalized spacial score (nSPS) is 9.64. The predicted molar refractivity (Wildman–Crippen MR) is 46.7 cm³/mol. The van der Waals surface area contributed by atoms with Gasteiger partial charge in [0.05, 0.1) is 17.0 Å². The molecule has 1 heterocycles. The Bertz CT molecular complexity index is 261. The zero-order valence-corrected chi connectivity index (χ0v) is 7.50. The third kappa shape index (κ3) is 1.91. The Morgan fingerprint density at radius 1 is 1.91 bits per heavy atom. The van der Waals surface area contributed by atoms with Crippen LogP contribution >= 0.6 is 22.9 Å². The van der Waals surface area contributed by atoms with Crippen LogP contribution in [0.5, 0.6) is 0 Å². The van der Waals surface area contributed by atoms with Gasteiger partial charge in [0.15, 0.2) is 10.9 Å². The van der Waals surface area contributed by atoms with Crippen molar-refractivity contribution in [3.63, 3.8) is 0 Å². The average molecular weight is 191 g/mol. The Kier molecular flexibility index (Phi) is 2.84. The standard InChI is InChI=1S/C6H7ClN2OS/c1-8-6-9-3-5(11-6)4(10)2-7/h3H,2H2,1H3,(H,8,9). The number of nitrogens with one attached hydrogen (secondary N) is 1. The molecule has 0 radical (unpaired) electrons. The van der Waals surface area contributed by atoms with Crippen molar-refractivity contribution in [3.05, 3.63) is 11.1 Å². The van der Waals surface area contributed by atoms with Gasteiger partial charge in [0.25, 0.3) is 0 Å². The number of carbonyl (C=O) groups excluding carboxylic acids is 1. The largest absolute Gasteiger partial charge is 0.365 e. The van der Waals surface area contributed by atoms with Gasteiger partial charge in [-0.3, -0.25) is 4.79 Å². The van der Waals surface area contributed by atoms with Gasteiger partial charge in [-0.05, 0) is 0 Å². The summed E-state index contributed by atoms with van der Waals surface area (Å²) >= 11 is 6.66. The van der Waals surface area contributed by atoms with Crippen molar-refractivity contribution < 1.29 is 4.79 Å². The topological polar surface area (TPSA) is 42.0 Å². The minimum absolute atomic E-state index is 0.0192. The summed E-state index contributed by atoms with van der Waals surface area (Å²) in [5.41, 5.74) is 0. The molecule has 0 bridgehead atoms. The van der Waals surface area contributed by atoms with Gasteiger partial charge in [0, 0.05) is 7.05 Å². The first-order chi connectivity index (χ1) is 5.27. The maximum Gasteiger partial charge on any atom is 0.189 e. The van der Waals surface area contributed by atoms with E-state index in [1.807, 2.05) is 0 Å². The Balaban J connectivity index is 2.80. The summed E-state index contributed by atoms with van der Waals surface area (Å²) in [6.45, 7) is 0. The first-order valence-electron chi connectivity index (χ1n) is 3.00. The Morgan fingerprint density at radius 2 is 2.64 bits per heavy atom. The quantitative estimate of drug-likeness (QED) is 0.582. The van der Waals surface area contributed by atoms with Gasteiger partial charge in [-0.25, -0.2) is 4.98 Å². The Labute approximate surface area is 73.4 Å². The van der Waals surface area contributed by atoms with Crippen molar-refractivity contribution in [2.45, 2.75) is 0 Å². The number of carbonyl (C=O) groups is 1. The van der Waals surface area contributed by atoms with Gasteiger partial charge < -0.3 is 5.32 Å². The number of hydrogen-bond donors (Lipinski definition) is 1. The number of Topliss-reactive ketones (excluding diaryl/α,β-unsaturated/α-hetero) is 1.